The number of nitrogens with zero attached hydrogens (tertiary/aromatic N) is 1. The van der Waals surface area contributed by atoms with Crippen LogP contribution in [-0.4, -0.2) is 43.8 Å². The second-order valence-electron chi connectivity index (χ2n) is 5.45. The quantitative estimate of drug-likeness (QED) is 0.916. The van der Waals surface area contributed by atoms with Gasteiger partial charge in [0.2, 0.25) is 0 Å². The molecule has 1 N–H and O–H groups in total. The Morgan fingerprint density at radius 1 is 1.30 bits per heavy atom. The summed E-state index contributed by atoms with van der Waals surface area (Å²) in [5.41, 5.74) is 0. The fraction of sp³-hybridized carbons (Fsp3) is 0.500. The number of thiophene rings is 1. The third-order valence-electron chi connectivity index (χ3n) is 3.74. The number of ether oxygens (including phenoxy) is 1. The minimum absolute atomic E-state index is 0.512. The van der Waals surface area contributed by atoms with E-state index in [1.165, 1.54) is 15.0 Å². The summed E-state index contributed by atoms with van der Waals surface area (Å²) in [7, 11) is 0. The van der Waals surface area contributed by atoms with E-state index in [1.54, 1.807) is 0 Å². The summed E-state index contributed by atoms with van der Waals surface area (Å²) >= 11 is 1.89. The van der Waals surface area contributed by atoms with Crippen LogP contribution < -0.4 is 5.32 Å². The van der Waals surface area contributed by atoms with Gasteiger partial charge in [-0.05, 0) is 24.4 Å². The SMILES string of the molecule is CC(CN1CCOCC1)NCc1cc2ccccc2s1. The van der Waals surface area contributed by atoms with Gasteiger partial charge in [-0.15, -0.1) is 11.3 Å². The van der Waals surface area contributed by atoms with Crippen molar-refractivity contribution < 1.29 is 4.74 Å². The summed E-state index contributed by atoms with van der Waals surface area (Å²) in [5, 5.41) is 4.99. The summed E-state index contributed by atoms with van der Waals surface area (Å²) < 4.78 is 6.76. The van der Waals surface area contributed by atoms with Gasteiger partial charge >= 0.3 is 0 Å². The van der Waals surface area contributed by atoms with Crippen molar-refractivity contribution in [1.29, 1.82) is 0 Å². The zero-order valence-corrected chi connectivity index (χ0v) is 12.8. The first kappa shape index (κ1) is 14.0. The Bertz CT molecular complexity index is 515. The highest BCUT2D eigenvalue weighted by Gasteiger charge is 2.13. The Kier molecular flexibility index (Phi) is 4.68. The molecule has 1 unspecified atom stereocenters. The first-order valence-corrected chi connectivity index (χ1v) is 8.14. The summed E-state index contributed by atoms with van der Waals surface area (Å²) in [5.74, 6) is 0. The normalized spacial score (nSPS) is 18.4. The Labute approximate surface area is 124 Å². The molecule has 0 radical (unpaired) electrons. The molecule has 1 saturated heterocycles. The monoisotopic (exact) mass is 290 g/mol. The summed E-state index contributed by atoms with van der Waals surface area (Å²) in [6.07, 6.45) is 0. The van der Waals surface area contributed by atoms with Gasteiger partial charge in [-0.25, -0.2) is 0 Å². The molecule has 3 rings (SSSR count). The average Bonchev–Trinajstić information content (AvgIpc) is 2.89. The maximum Gasteiger partial charge on any atom is 0.0594 e. The molecule has 1 aliphatic rings. The van der Waals surface area contributed by atoms with E-state index in [0.29, 0.717) is 6.04 Å². The number of hydrogen-bond acceptors (Lipinski definition) is 4. The van der Waals surface area contributed by atoms with Crippen LogP contribution in [0.4, 0.5) is 0 Å². The topological polar surface area (TPSA) is 24.5 Å². The lowest BCUT2D eigenvalue weighted by Crippen LogP contribution is -2.44. The standard InChI is InChI=1S/C16H22N2OS/c1-13(12-18-6-8-19-9-7-18)17-11-15-10-14-4-2-3-5-16(14)20-15/h2-5,10,13,17H,6-9,11-12H2,1H3. The van der Waals surface area contributed by atoms with Crippen LogP contribution in [0.2, 0.25) is 0 Å². The molecule has 1 aromatic carbocycles. The van der Waals surface area contributed by atoms with Crippen LogP contribution in [0.5, 0.6) is 0 Å². The van der Waals surface area contributed by atoms with Crippen molar-refractivity contribution >= 4 is 21.4 Å². The largest absolute Gasteiger partial charge is 0.379 e. The number of nitrogens with one attached hydrogen (secondary N) is 1. The van der Waals surface area contributed by atoms with Gasteiger partial charge in [0.15, 0.2) is 0 Å². The predicted octanol–water partition coefficient (Wildman–Crippen LogP) is 2.71. The molecule has 0 amide bonds. The van der Waals surface area contributed by atoms with E-state index in [0.717, 1.165) is 39.4 Å². The first-order chi connectivity index (χ1) is 9.81. The van der Waals surface area contributed by atoms with E-state index >= 15 is 0 Å². The molecule has 0 bridgehead atoms. The molecule has 2 aromatic rings. The second kappa shape index (κ2) is 6.68. The zero-order valence-electron chi connectivity index (χ0n) is 12.0. The minimum Gasteiger partial charge on any atom is -0.379 e. The third kappa shape index (κ3) is 3.58. The molecule has 1 aromatic heterocycles. The van der Waals surface area contributed by atoms with Gasteiger partial charge in [0, 0.05) is 41.8 Å². The number of benzene rings is 1. The van der Waals surface area contributed by atoms with Crippen LogP contribution >= 0.6 is 11.3 Å². The number of morpholine rings is 1. The molecule has 0 spiro atoms. The molecule has 0 aliphatic carbocycles. The summed E-state index contributed by atoms with van der Waals surface area (Å²) in [4.78, 5) is 3.89. The number of rotatable bonds is 5. The van der Waals surface area contributed by atoms with E-state index < -0.39 is 0 Å². The highest BCUT2D eigenvalue weighted by molar-refractivity contribution is 7.19. The lowest BCUT2D eigenvalue weighted by Gasteiger charge is -2.29. The Morgan fingerprint density at radius 3 is 2.90 bits per heavy atom. The maximum atomic E-state index is 5.38. The summed E-state index contributed by atoms with van der Waals surface area (Å²) in [6.45, 7) is 8.22. The molecule has 4 heteroatoms. The van der Waals surface area contributed by atoms with Crippen LogP contribution in [-0.2, 0) is 11.3 Å². The molecular weight excluding hydrogens is 268 g/mol. The van der Waals surface area contributed by atoms with Crippen LogP contribution in [0.1, 0.15) is 11.8 Å². The van der Waals surface area contributed by atoms with E-state index in [9.17, 15) is 0 Å². The molecule has 2 heterocycles. The van der Waals surface area contributed by atoms with Crippen molar-refractivity contribution in [3.05, 3.63) is 35.2 Å². The van der Waals surface area contributed by atoms with Crippen LogP contribution in [0.15, 0.2) is 30.3 Å². The predicted molar refractivity (Wildman–Crippen MR) is 85.4 cm³/mol. The van der Waals surface area contributed by atoms with Crippen molar-refractivity contribution in [3.8, 4) is 0 Å². The molecular formula is C16H22N2OS. The second-order valence-corrected chi connectivity index (χ2v) is 6.61. The summed E-state index contributed by atoms with van der Waals surface area (Å²) in [6, 6.07) is 11.4. The number of fused-ring (bicyclic) bond motifs is 1. The van der Waals surface area contributed by atoms with Gasteiger partial charge in [0.05, 0.1) is 13.2 Å². The Hall–Kier alpha value is -0.940. The van der Waals surface area contributed by atoms with E-state index in [4.69, 9.17) is 4.74 Å². The van der Waals surface area contributed by atoms with Gasteiger partial charge in [-0.3, -0.25) is 4.90 Å². The highest BCUT2D eigenvalue weighted by atomic mass is 32.1. The molecule has 108 valence electrons. The molecule has 1 fully saturated rings. The number of hydrogen-bond donors (Lipinski definition) is 1. The van der Waals surface area contributed by atoms with E-state index in [1.807, 2.05) is 11.3 Å². The van der Waals surface area contributed by atoms with Crippen LogP contribution in [0, 0.1) is 0 Å². The van der Waals surface area contributed by atoms with Gasteiger partial charge in [0.1, 0.15) is 0 Å². The van der Waals surface area contributed by atoms with Gasteiger partial charge in [0.25, 0.3) is 0 Å². The fourth-order valence-electron chi connectivity index (χ4n) is 2.63. The Morgan fingerprint density at radius 2 is 2.10 bits per heavy atom. The van der Waals surface area contributed by atoms with Crippen LogP contribution in [0.25, 0.3) is 10.1 Å². The van der Waals surface area contributed by atoms with Crippen molar-refractivity contribution in [3.63, 3.8) is 0 Å². The molecule has 3 nitrogen and oxygen atoms in total. The van der Waals surface area contributed by atoms with Gasteiger partial charge in [-0.1, -0.05) is 18.2 Å². The smallest absolute Gasteiger partial charge is 0.0594 e. The molecule has 20 heavy (non-hydrogen) atoms. The fourth-order valence-corrected chi connectivity index (χ4v) is 3.65. The van der Waals surface area contributed by atoms with Crippen molar-refractivity contribution in [2.24, 2.45) is 0 Å². The molecule has 0 saturated carbocycles. The third-order valence-corrected chi connectivity index (χ3v) is 4.85. The Balaban J connectivity index is 1.50. The molecule has 1 aliphatic heterocycles. The van der Waals surface area contributed by atoms with E-state index in [2.05, 4.69) is 47.5 Å². The maximum absolute atomic E-state index is 5.38. The van der Waals surface area contributed by atoms with Crippen molar-refractivity contribution in [2.45, 2.75) is 19.5 Å². The van der Waals surface area contributed by atoms with Gasteiger partial charge < -0.3 is 10.1 Å². The molecule has 1 atom stereocenters. The lowest BCUT2D eigenvalue weighted by molar-refractivity contribution is 0.0343. The van der Waals surface area contributed by atoms with Gasteiger partial charge in [-0.2, -0.15) is 0 Å². The lowest BCUT2D eigenvalue weighted by atomic mass is 10.2. The highest BCUT2D eigenvalue weighted by Crippen LogP contribution is 2.25. The van der Waals surface area contributed by atoms with E-state index in [-0.39, 0.29) is 0 Å². The van der Waals surface area contributed by atoms with Crippen molar-refractivity contribution in [1.82, 2.24) is 10.2 Å². The first-order valence-electron chi connectivity index (χ1n) is 7.32. The minimum atomic E-state index is 0.512. The average molecular weight is 290 g/mol. The van der Waals surface area contributed by atoms with Crippen molar-refractivity contribution in [2.75, 3.05) is 32.8 Å². The van der Waals surface area contributed by atoms with Crippen LogP contribution in [0.3, 0.4) is 0 Å². The zero-order chi connectivity index (χ0) is 13.8.